The van der Waals surface area contributed by atoms with E-state index in [1.54, 1.807) is 17.0 Å². The Balaban J connectivity index is 1.91. The highest BCUT2D eigenvalue weighted by atomic mass is 16.1. The van der Waals surface area contributed by atoms with Crippen molar-refractivity contribution in [1.29, 1.82) is 0 Å². The van der Waals surface area contributed by atoms with Gasteiger partial charge in [-0.2, -0.15) is 0 Å². The summed E-state index contributed by atoms with van der Waals surface area (Å²) in [5, 5.41) is 0. The summed E-state index contributed by atoms with van der Waals surface area (Å²) in [7, 11) is 0. The molecule has 1 saturated carbocycles. The largest absolute Gasteiger partial charge is 0.330 e. The van der Waals surface area contributed by atoms with Gasteiger partial charge in [0.2, 0.25) is 0 Å². The molecule has 3 rings (SSSR count). The second kappa shape index (κ2) is 4.70. The third-order valence-corrected chi connectivity index (χ3v) is 4.12. The van der Waals surface area contributed by atoms with E-state index < -0.39 is 0 Å². The van der Waals surface area contributed by atoms with Crippen LogP contribution in [0, 0.1) is 0 Å². The minimum absolute atomic E-state index is 0.118. The molecule has 0 spiro atoms. The molecule has 0 aliphatic heterocycles. The molecule has 1 aliphatic rings. The van der Waals surface area contributed by atoms with Crippen molar-refractivity contribution in [2.45, 2.75) is 37.6 Å². The van der Waals surface area contributed by atoms with E-state index in [1.807, 2.05) is 12.1 Å². The number of H-pyrrole nitrogens is 1. The van der Waals surface area contributed by atoms with Crippen LogP contribution in [-0.4, -0.2) is 9.55 Å². The summed E-state index contributed by atoms with van der Waals surface area (Å²) < 4.78 is 1.59. The molecule has 0 bridgehead atoms. The third-order valence-electron chi connectivity index (χ3n) is 4.12. The highest BCUT2D eigenvalue weighted by Gasteiger charge is 2.29. The van der Waals surface area contributed by atoms with Crippen LogP contribution in [0.2, 0.25) is 0 Å². The third kappa shape index (κ3) is 2.24. The van der Waals surface area contributed by atoms with Crippen molar-refractivity contribution in [1.82, 2.24) is 9.55 Å². The predicted octanol–water partition coefficient (Wildman–Crippen LogP) is 2.28. The summed E-state index contributed by atoms with van der Waals surface area (Å²) >= 11 is 0. The molecule has 0 unspecified atom stereocenters. The number of hydrogen-bond donors (Lipinski definition) is 2. The number of nitrogens with one attached hydrogen (secondary N) is 1. The first kappa shape index (κ1) is 12.2. The van der Waals surface area contributed by atoms with E-state index in [0.717, 1.165) is 18.5 Å². The standard InChI is InChI=1S/C15H19N3O/c16-15(8-2-1-3-9-15)12-4-6-13(7-5-12)18-11-10-17-14(18)19/h4-7,10-11H,1-3,8-9,16H2,(H,17,19). The Labute approximate surface area is 112 Å². The normalized spacial score (nSPS) is 18.4. The lowest BCUT2D eigenvalue weighted by Crippen LogP contribution is -2.38. The minimum atomic E-state index is -0.181. The Morgan fingerprint density at radius 2 is 1.79 bits per heavy atom. The molecule has 0 radical (unpaired) electrons. The van der Waals surface area contributed by atoms with Crippen LogP contribution in [0.3, 0.4) is 0 Å². The number of nitrogens with two attached hydrogens (primary N) is 1. The summed E-state index contributed by atoms with van der Waals surface area (Å²) in [6, 6.07) is 8.04. The van der Waals surface area contributed by atoms with Gasteiger partial charge in [-0.25, -0.2) is 4.79 Å². The Morgan fingerprint density at radius 1 is 1.11 bits per heavy atom. The smallest absolute Gasteiger partial charge is 0.321 e. The molecule has 1 heterocycles. The van der Waals surface area contributed by atoms with E-state index in [9.17, 15) is 4.79 Å². The Kier molecular flexibility index (Phi) is 3.03. The highest BCUT2D eigenvalue weighted by molar-refractivity contribution is 5.37. The molecule has 19 heavy (non-hydrogen) atoms. The zero-order valence-corrected chi connectivity index (χ0v) is 10.9. The van der Waals surface area contributed by atoms with Crippen LogP contribution in [0.15, 0.2) is 41.5 Å². The van der Waals surface area contributed by atoms with Gasteiger partial charge in [0.15, 0.2) is 0 Å². The first-order valence-electron chi connectivity index (χ1n) is 6.85. The maximum Gasteiger partial charge on any atom is 0.330 e. The number of hydrogen-bond acceptors (Lipinski definition) is 2. The lowest BCUT2D eigenvalue weighted by Gasteiger charge is -2.34. The predicted molar refractivity (Wildman–Crippen MR) is 75.3 cm³/mol. The lowest BCUT2D eigenvalue weighted by molar-refractivity contribution is 0.302. The van der Waals surface area contributed by atoms with Crippen molar-refractivity contribution >= 4 is 0 Å². The van der Waals surface area contributed by atoms with E-state index in [0.29, 0.717) is 0 Å². The number of imidazole rings is 1. The van der Waals surface area contributed by atoms with Gasteiger partial charge >= 0.3 is 5.69 Å². The number of benzene rings is 1. The van der Waals surface area contributed by atoms with Crippen LogP contribution in [0.25, 0.3) is 5.69 Å². The molecule has 2 aromatic rings. The van der Waals surface area contributed by atoms with Gasteiger partial charge in [-0.05, 0) is 30.5 Å². The molecule has 1 fully saturated rings. The summed E-state index contributed by atoms with van der Waals surface area (Å²) in [5.41, 5.74) is 8.26. The molecule has 1 aliphatic carbocycles. The average Bonchev–Trinajstić information content (AvgIpc) is 2.86. The van der Waals surface area contributed by atoms with Gasteiger partial charge < -0.3 is 10.7 Å². The van der Waals surface area contributed by atoms with Crippen LogP contribution in [-0.2, 0) is 5.54 Å². The number of aromatic amines is 1. The Morgan fingerprint density at radius 3 is 2.37 bits per heavy atom. The first-order chi connectivity index (χ1) is 9.19. The molecule has 1 aromatic carbocycles. The Hall–Kier alpha value is -1.81. The quantitative estimate of drug-likeness (QED) is 0.867. The molecule has 0 saturated heterocycles. The van der Waals surface area contributed by atoms with Crippen LogP contribution in [0.1, 0.15) is 37.7 Å². The van der Waals surface area contributed by atoms with Gasteiger partial charge in [-0.3, -0.25) is 4.57 Å². The monoisotopic (exact) mass is 257 g/mol. The van der Waals surface area contributed by atoms with Crippen LogP contribution >= 0.6 is 0 Å². The number of aromatic nitrogens is 2. The molecule has 1 aromatic heterocycles. The van der Waals surface area contributed by atoms with Crippen molar-refractivity contribution in [2.75, 3.05) is 0 Å². The first-order valence-corrected chi connectivity index (χ1v) is 6.85. The second-order valence-corrected chi connectivity index (χ2v) is 5.40. The number of nitrogens with zero attached hydrogens (tertiary/aromatic N) is 1. The van der Waals surface area contributed by atoms with E-state index in [4.69, 9.17) is 5.73 Å². The fraction of sp³-hybridized carbons (Fsp3) is 0.400. The van der Waals surface area contributed by atoms with Crippen molar-refractivity contribution < 1.29 is 0 Å². The number of rotatable bonds is 2. The van der Waals surface area contributed by atoms with Crippen LogP contribution < -0.4 is 11.4 Å². The molecule has 4 heteroatoms. The SMILES string of the molecule is NC1(c2ccc(-n3cc[nH]c3=O)cc2)CCCCC1. The molecular weight excluding hydrogens is 238 g/mol. The van der Waals surface area contributed by atoms with E-state index in [-0.39, 0.29) is 11.2 Å². The van der Waals surface area contributed by atoms with E-state index >= 15 is 0 Å². The fourth-order valence-electron chi connectivity index (χ4n) is 2.95. The molecule has 0 amide bonds. The van der Waals surface area contributed by atoms with Gasteiger partial charge in [0.05, 0.1) is 5.69 Å². The van der Waals surface area contributed by atoms with Gasteiger partial charge in [-0.15, -0.1) is 0 Å². The minimum Gasteiger partial charge on any atom is -0.321 e. The summed E-state index contributed by atoms with van der Waals surface area (Å²) in [4.78, 5) is 14.2. The summed E-state index contributed by atoms with van der Waals surface area (Å²) in [6.07, 6.45) is 9.17. The molecule has 4 nitrogen and oxygen atoms in total. The zero-order valence-electron chi connectivity index (χ0n) is 10.9. The average molecular weight is 257 g/mol. The van der Waals surface area contributed by atoms with Gasteiger partial charge in [0.25, 0.3) is 0 Å². The van der Waals surface area contributed by atoms with E-state index in [2.05, 4.69) is 17.1 Å². The van der Waals surface area contributed by atoms with Crippen LogP contribution in [0.5, 0.6) is 0 Å². The van der Waals surface area contributed by atoms with Gasteiger partial charge in [-0.1, -0.05) is 31.4 Å². The second-order valence-electron chi connectivity index (χ2n) is 5.40. The fourth-order valence-corrected chi connectivity index (χ4v) is 2.95. The molecule has 3 N–H and O–H groups in total. The van der Waals surface area contributed by atoms with Crippen molar-refractivity contribution in [3.05, 3.63) is 52.7 Å². The van der Waals surface area contributed by atoms with E-state index in [1.165, 1.54) is 24.8 Å². The maximum absolute atomic E-state index is 11.6. The van der Waals surface area contributed by atoms with Crippen molar-refractivity contribution in [3.63, 3.8) is 0 Å². The van der Waals surface area contributed by atoms with Gasteiger partial charge in [0, 0.05) is 17.9 Å². The molecular formula is C15H19N3O. The highest BCUT2D eigenvalue weighted by Crippen LogP contribution is 2.34. The molecule has 100 valence electrons. The lowest BCUT2D eigenvalue weighted by atomic mass is 9.77. The van der Waals surface area contributed by atoms with Crippen molar-refractivity contribution in [2.24, 2.45) is 5.73 Å². The zero-order chi connectivity index (χ0) is 13.3. The summed E-state index contributed by atoms with van der Waals surface area (Å²) in [6.45, 7) is 0. The Bertz CT molecular complexity index is 603. The maximum atomic E-state index is 11.6. The van der Waals surface area contributed by atoms with Crippen LogP contribution in [0.4, 0.5) is 0 Å². The van der Waals surface area contributed by atoms with Crippen molar-refractivity contribution in [3.8, 4) is 5.69 Å². The topological polar surface area (TPSA) is 63.8 Å². The molecule has 0 atom stereocenters. The summed E-state index contributed by atoms with van der Waals surface area (Å²) in [5.74, 6) is 0. The van der Waals surface area contributed by atoms with Gasteiger partial charge in [0.1, 0.15) is 0 Å².